The van der Waals surface area contributed by atoms with Crippen LogP contribution in [0, 0.1) is 0 Å². The molecular formula is C20H26N2O7S2. The second kappa shape index (κ2) is 9.51. The highest BCUT2D eigenvalue weighted by atomic mass is 32.2. The van der Waals surface area contributed by atoms with Crippen LogP contribution in [0.3, 0.4) is 0 Å². The van der Waals surface area contributed by atoms with E-state index in [1.165, 1.54) is 54.8 Å². The molecule has 0 atom stereocenters. The lowest BCUT2D eigenvalue weighted by molar-refractivity contribution is 0.0440. The van der Waals surface area contributed by atoms with Crippen LogP contribution in [-0.4, -0.2) is 58.6 Å². The van der Waals surface area contributed by atoms with Crippen molar-refractivity contribution in [3.63, 3.8) is 0 Å². The third kappa shape index (κ3) is 5.35. The maximum Gasteiger partial charge on any atom is 0.338 e. The third-order valence-electron chi connectivity index (χ3n) is 4.99. The zero-order chi connectivity index (χ0) is 22.6. The fourth-order valence-electron chi connectivity index (χ4n) is 3.19. The van der Waals surface area contributed by atoms with Gasteiger partial charge in [0.05, 0.1) is 10.5 Å². The van der Waals surface area contributed by atoms with Crippen molar-refractivity contribution in [3.8, 4) is 0 Å². The molecule has 0 bridgehead atoms. The van der Waals surface area contributed by atoms with E-state index in [1.807, 2.05) is 0 Å². The molecule has 2 heterocycles. The molecule has 0 amide bonds. The highest BCUT2D eigenvalue weighted by Gasteiger charge is 2.26. The minimum absolute atomic E-state index is 0.0428. The number of carbonyl (C=O) groups is 1. The van der Waals surface area contributed by atoms with Crippen molar-refractivity contribution in [1.29, 1.82) is 0 Å². The second-order valence-corrected chi connectivity index (χ2v) is 11.5. The van der Waals surface area contributed by atoms with Gasteiger partial charge >= 0.3 is 5.97 Å². The fraction of sp³-hybridized carbons (Fsp3) is 0.450. The van der Waals surface area contributed by atoms with Crippen LogP contribution in [0.1, 0.15) is 41.8 Å². The Morgan fingerprint density at radius 3 is 2.35 bits per heavy atom. The van der Waals surface area contributed by atoms with Crippen LogP contribution in [0.2, 0.25) is 0 Å². The van der Waals surface area contributed by atoms with Gasteiger partial charge in [0.2, 0.25) is 15.1 Å². The topological polar surface area (TPSA) is 114 Å². The highest BCUT2D eigenvalue weighted by Crippen LogP contribution is 2.22. The minimum Gasteiger partial charge on any atom is -0.454 e. The molecule has 1 aromatic carbocycles. The molecule has 1 aliphatic rings. The zero-order valence-electron chi connectivity index (χ0n) is 17.5. The monoisotopic (exact) mass is 470 g/mol. The van der Waals surface area contributed by atoms with Crippen molar-refractivity contribution in [3.05, 3.63) is 47.7 Å². The SMILES string of the molecule is CN(C)S(=O)(=O)c1ccc(COC(=O)c2cccc(S(=O)(=O)N3CCCCCC3)c2)o1. The summed E-state index contributed by atoms with van der Waals surface area (Å²) >= 11 is 0. The number of benzene rings is 1. The van der Waals surface area contributed by atoms with Crippen LogP contribution in [0.25, 0.3) is 0 Å². The average Bonchev–Trinajstić information content (AvgIpc) is 3.05. The molecule has 1 saturated heterocycles. The number of ether oxygens (including phenoxy) is 1. The van der Waals surface area contributed by atoms with E-state index in [4.69, 9.17) is 9.15 Å². The molecule has 0 aliphatic carbocycles. The number of furan rings is 1. The summed E-state index contributed by atoms with van der Waals surface area (Å²) in [7, 11) is -4.66. The summed E-state index contributed by atoms with van der Waals surface area (Å²) in [5.74, 6) is -0.580. The Balaban J connectivity index is 1.70. The van der Waals surface area contributed by atoms with Crippen molar-refractivity contribution >= 4 is 26.0 Å². The van der Waals surface area contributed by atoms with Crippen LogP contribution < -0.4 is 0 Å². The molecular weight excluding hydrogens is 444 g/mol. The molecule has 9 nitrogen and oxygen atoms in total. The van der Waals surface area contributed by atoms with E-state index in [2.05, 4.69) is 0 Å². The predicted octanol–water partition coefficient (Wildman–Crippen LogP) is 2.45. The summed E-state index contributed by atoms with van der Waals surface area (Å²) in [6, 6.07) is 8.41. The van der Waals surface area contributed by atoms with E-state index >= 15 is 0 Å². The van der Waals surface area contributed by atoms with Crippen molar-refractivity contribution in [2.75, 3.05) is 27.2 Å². The van der Waals surface area contributed by atoms with Crippen molar-refractivity contribution in [1.82, 2.24) is 8.61 Å². The van der Waals surface area contributed by atoms with Gasteiger partial charge in [0, 0.05) is 27.2 Å². The molecule has 11 heteroatoms. The van der Waals surface area contributed by atoms with Gasteiger partial charge < -0.3 is 9.15 Å². The van der Waals surface area contributed by atoms with Crippen LogP contribution in [0.4, 0.5) is 0 Å². The van der Waals surface area contributed by atoms with Gasteiger partial charge in [-0.3, -0.25) is 0 Å². The number of hydrogen-bond donors (Lipinski definition) is 0. The van der Waals surface area contributed by atoms with E-state index < -0.39 is 26.0 Å². The number of rotatable bonds is 7. The van der Waals surface area contributed by atoms with E-state index in [-0.39, 0.29) is 27.9 Å². The Labute approximate surface area is 182 Å². The molecule has 2 aromatic rings. The van der Waals surface area contributed by atoms with E-state index in [0.717, 1.165) is 30.0 Å². The molecule has 0 radical (unpaired) electrons. The summed E-state index contributed by atoms with van der Waals surface area (Å²) in [5, 5.41) is -0.255. The van der Waals surface area contributed by atoms with Crippen LogP contribution >= 0.6 is 0 Å². The van der Waals surface area contributed by atoms with Gasteiger partial charge in [-0.05, 0) is 43.2 Å². The lowest BCUT2D eigenvalue weighted by atomic mass is 10.2. The first-order valence-electron chi connectivity index (χ1n) is 9.91. The second-order valence-electron chi connectivity index (χ2n) is 7.43. The Kier molecular flexibility index (Phi) is 7.20. The van der Waals surface area contributed by atoms with Crippen LogP contribution in [0.5, 0.6) is 0 Å². The van der Waals surface area contributed by atoms with Gasteiger partial charge in [-0.2, -0.15) is 4.31 Å². The molecule has 0 spiro atoms. The number of sulfonamides is 2. The van der Waals surface area contributed by atoms with Gasteiger partial charge in [0.15, 0.2) is 0 Å². The minimum atomic E-state index is -3.73. The van der Waals surface area contributed by atoms with Gasteiger partial charge in [-0.15, -0.1) is 0 Å². The van der Waals surface area contributed by atoms with Gasteiger partial charge in [-0.25, -0.2) is 25.9 Å². The normalized spacial score (nSPS) is 16.2. The highest BCUT2D eigenvalue weighted by molar-refractivity contribution is 7.89. The van der Waals surface area contributed by atoms with Crippen LogP contribution in [0.15, 0.2) is 50.8 Å². The maximum atomic E-state index is 12.9. The first-order valence-corrected chi connectivity index (χ1v) is 12.8. The number of esters is 1. The molecule has 0 saturated carbocycles. The maximum absolute atomic E-state index is 12.9. The van der Waals surface area contributed by atoms with E-state index in [1.54, 1.807) is 0 Å². The largest absolute Gasteiger partial charge is 0.454 e. The number of nitrogens with zero attached hydrogens (tertiary/aromatic N) is 2. The quantitative estimate of drug-likeness (QED) is 0.571. The standard InChI is InChI=1S/C20H26N2O7S2/c1-21(2)31(26,27)19-11-10-17(29-19)15-28-20(23)16-8-7-9-18(14-16)30(24,25)22-12-5-3-4-6-13-22/h7-11,14H,3-6,12-13,15H2,1-2H3. The first kappa shape index (κ1) is 23.5. The predicted molar refractivity (Wildman–Crippen MR) is 112 cm³/mol. The molecule has 0 unspecified atom stereocenters. The smallest absolute Gasteiger partial charge is 0.338 e. The van der Waals surface area contributed by atoms with Crippen molar-refractivity contribution < 1.29 is 30.8 Å². The molecule has 31 heavy (non-hydrogen) atoms. The Morgan fingerprint density at radius 2 is 1.71 bits per heavy atom. The molecule has 170 valence electrons. The first-order chi connectivity index (χ1) is 14.6. The zero-order valence-corrected chi connectivity index (χ0v) is 19.1. The Bertz CT molecular complexity index is 1130. The van der Waals surface area contributed by atoms with Gasteiger partial charge in [0.1, 0.15) is 12.4 Å². The molecule has 0 N–H and O–H groups in total. The number of hydrogen-bond acceptors (Lipinski definition) is 7. The van der Waals surface area contributed by atoms with Crippen molar-refractivity contribution in [2.24, 2.45) is 0 Å². The summed E-state index contributed by atoms with van der Waals surface area (Å²) in [6.07, 6.45) is 3.64. The average molecular weight is 471 g/mol. The van der Waals surface area contributed by atoms with Gasteiger partial charge in [0.25, 0.3) is 10.0 Å². The molecule has 1 aliphatic heterocycles. The summed E-state index contributed by atoms with van der Waals surface area (Å²) < 4.78 is 62.9. The Morgan fingerprint density at radius 1 is 1.03 bits per heavy atom. The third-order valence-corrected chi connectivity index (χ3v) is 8.57. The summed E-state index contributed by atoms with van der Waals surface area (Å²) in [4.78, 5) is 12.5. The summed E-state index contributed by atoms with van der Waals surface area (Å²) in [5.41, 5.74) is 0.0867. The van der Waals surface area contributed by atoms with E-state index in [9.17, 15) is 21.6 Å². The van der Waals surface area contributed by atoms with Crippen LogP contribution in [-0.2, 0) is 31.4 Å². The summed E-state index contributed by atoms with van der Waals surface area (Å²) in [6.45, 7) is 0.645. The molecule has 3 rings (SSSR count). The molecule has 1 fully saturated rings. The number of carbonyl (C=O) groups excluding carboxylic acids is 1. The fourth-order valence-corrected chi connectivity index (χ4v) is 5.56. The van der Waals surface area contributed by atoms with E-state index in [0.29, 0.717) is 13.1 Å². The van der Waals surface area contributed by atoms with Crippen molar-refractivity contribution in [2.45, 2.75) is 42.3 Å². The lowest BCUT2D eigenvalue weighted by Crippen LogP contribution is -2.32. The Hall–Kier alpha value is -2.21. The van der Waals surface area contributed by atoms with Gasteiger partial charge in [-0.1, -0.05) is 18.9 Å². The molecule has 1 aromatic heterocycles. The lowest BCUT2D eigenvalue weighted by Gasteiger charge is -2.20.